The van der Waals surface area contributed by atoms with E-state index in [1.165, 1.54) is 77.0 Å². The Labute approximate surface area is 420 Å². The minimum absolute atomic E-state index is 0.297. The van der Waals surface area contributed by atoms with E-state index < -0.39 is 28.6 Å². The van der Waals surface area contributed by atoms with Gasteiger partial charge in [-0.05, 0) is 143 Å². The van der Waals surface area contributed by atoms with Crippen molar-refractivity contribution in [3.63, 3.8) is 0 Å². The fraction of sp³-hybridized carbons (Fsp3) is 0.509. The molecule has 0 radical (unpaired) electrons. The number of benzene rings is 4. The summed E-state index contributed by atoms with van der Waals surface area (Å²) >= 11 is 0. The fourth-order valence-electron chi connectivity index (χ4n) is 8.25. The Kier molecular flexibility index (Phi) is 23.7. The molecule has 0 N–H and O–H groups in total. The molecular formula is C57H80N2O9Si2. The Morgan fingerprint density at radius 1 is 0.471 bits per heavy atom. The lowest BCUT2D eigenvalue weighted by Crippen LogP contribution is -2.42. The van der Waals surface area contributed by atoms with Crippen LogP contribution < -0.4 is 23.7 Å². The summed E-state index contributed by atoms with van der Waals surface area (Å²) in [5.41, 5.74) is 2.07. The summed E-state index contributed by atoms with van der Waals surface area (Å²) in [5.74, 6) is 2.19. The van der Waals surface area contributed by atoms with E-state index in [9.17, 15) is 9.59 Å². The van der Waals surface area contributed by atoms with Crippen molar-refractivity contribution >= 4 is 28.6 Å². The third-order valence-electron chi connectivity index (χ3n) is 11.9. The number of aromatic nitrogens is 2. The normalized spacial score (nSPS) is 11.6. The van der Waals surface area contributed by atoms with Crippen LogP contribution >= 0.6 is 0 Å². The Morgan fingerprint density at radius 2 is 0.900 bits per heavy atom. The molecule has 0 aliphatic rings. The number of nitrogens with zero attached hydrogens (tertiary/aromatic N) is 2. The predicted octanol–water partition coefficient (Wildman–Crippen LogP) is 16.1. The molecular weight excluding hydrogens is 913 g/mol. The van der Waals surface area contributed by atoms with Crippen molar-refractivity contribution < 1.29 is 41.8 Å². The van der Waals surface area contributed by atoms with Crippen LogP contribution in [0.25, 0.3) is 22.9 Å². The van der Waals surface area contributed by atoms with Gasteiger partial charge in [0.05, 0.1) is 25.4 Å². The zero-order valence-corrected chi connectivity index (χ0v) is 45.3. The Morgan fingerprint density at radius 3 is 1.41 bits per heavy atom. The van der Waals surface area contributed by atoms with Crippen LogP contribution in [0.5, 0.6) is 28.7 Å². The van der Waals surface area contributed by atoms with E-state index in [4.69, 9.17) is 32.2 Å². The van der Waals surface area contributed by atoms with Gasteiger partial charge in [-0.25, -0.2) is 9.59 Å². The van der Waals surface area contributed by atoms with Gasteiger partial charge in [0.25, 0.3) is 0 Å². The lowest BCUT2D eigenvalue weighted by atomic mass is 10.1. The molecule has 380 valence electrons. The number of carbonyl (C=O) groups excluding carboxylic acids is 2. The first-order valence-corrected chi connectivity index (χ1v) is 32.7. The first-order valence-electron chi connectivity index (χ1n) is 26.1. The maximum atomic E-state index is 13.6. The monoisotopic (exact) mass is 993 g/mol. The maximum Gasteiger partial charge on any atom is 0.347 e. The van der Waals surface area contributed by atoms with Crippen LogP contribution in [0.4, 0.5) is 0 Å². The number of ether oxygens (including phenoxy) is 5. The van der Waals surface area contributed by atoms with Crippen molar-refractivity contribution in [2.24, 2.45) is 0 Å². The van der Waals surface area contributed by atoms with E-state index in [1.807, 2.05) is 0 Å². The number of esters is 2. The number of unbranched alkanes of at least 4 members (excludes halogenated alkanes) is 15. The summed E-state index contributed by atoms with van der Waals surface area (Å²) in [6, 6.07) is 27.3. The zero-order chi connectivity index (χ0) is 50.0. The van der Waals surface area contributed by atoms with E-state index in [0.717, 1.165) is 50.3 Å². The van der Waals surface area contributed by atoms with Crippen LogP contribution in [-0.4, -0.2) is 58.6 Å². The van der Waals surface area contributed by atoms with Crippen molar-refractivity contribution in [1.29, 1.82) is 0 Å². The van der Waals surface area contributed by atoms with Crippen molar-refractivity contribution in [2.75, 3.05) is 19.8 Å². The molecule has 70 heavy (non-hydrogen) atoms. The topological polar surface area (TPSA) is 128 Å². The van der Waals surface area contributed by atoms with Crippen molar-refractivity contribution in [3.8, 4) is 51.7 Å². The largest absolute Gasteiger partial charge is 0.494 e. The van der Waals surface area contributed by atoms with Gasteiger partial charge in [0, 0.05) is 17.2 Å². The molecule has 0 saturated carbocycles. The first-order chi connectivity index (χ1) is 33.8. The maximum absolute atomic E-state index is 13.6. The van der Waals surface area contributed by atoms with Gasteiger partial charge in [0.2, 0.25) is 11.8 Å². The number of hydrogen-bond acceptors (Lipinski definition) is 11. The summed E-state index contributed by atoms with van der Waals surface area (Å²) in [7, 11) is -3.27. The summed E-state index contributed by atoms with van der Waals surface area (Å²) in [4.78, 5) is 26.6. The number of rotatable bonds is 34. The van der Waals surface area contributed by atoms with Gasteiger partial charge in [-0.2, -0.15) is 0 Å². The molecule has 0 aliphatic carbocycles. The molecule has 0 atom stereocenters. The molecule has 13 heteroatoms. The summed E-state index contributed by atoms with van der Waals surface area (Å²) in [5, 5.41) is 8.49. The predicted molar refractivity (Wildman–Crippen MR) is 286 cm³/mol. The number of hydrogen-bond donors (Lipinski definition) is 0. The van der Waals surface area contributed by atoms with Crippen LogP contribution in [0.1, 0.15) is 150 Å². The van der Waals surface area contributed by atoms with Crippen LogP contribution in [-0.2, 0) is 4.12 Å². The van der Waals surface area contributed by atoms with E-state index in [1.54, 1.807) is 91.0 Å². The molecule has 0 bridgehead atoms. The molecule has 4 aromatic carbocycles. The fourth-order valence-corrected chi connectivity index (χ4v) is 16.4. The quantitative estimate of drug-likeness (QED) is 0.0169. The van der Waals surface area contributed by atoms with Gasteiger partial charge < -0.3 is 32.2 Å². The average molecular weight is 993 g/mol. The third-order valence-corrected chi connectivity index (χ3v) is 18.1. The van der Waals surface area contributed by atoms with Crippen LogP contribution in [0, 0.1) is 0 Å². The van der Waals surface area contributed by atoms with Gasteiger partial charge in [-0.1, -0.05) is 110 Å². The molecule has 0 saturated heterocycles. The molecule has 0 spiro atoms. The minimum atomic E-state index is -1.70. The summed E-state index contributed by atoms with van der Waals surface area (Å²) in [6.07, 6.45) is 21.4. The molecule has 1 aromatic heterocycles. The average Bonchev–Trinajstić information content (AvgIpc) is 3.83. The van der Waals surface area contributed by atoms with E-state index >= 15 is 0 Å². The second-order valence-corrected chi connectivity index (χ2v) is 28.9. The molecule has 0 amide bonds. The van der Waals surface area contributed by atoms with Gasteiger partial charge in [0.15, 0.2) is 16.6 Å². The van der Waals surface area contributed by atoms with Crippen molar-refractivity contribution in [1.82, 2.24) is 10.2 Å². The highest BCUT2D eigenvalue weighted by molar-refractivity contribution is 6.84. The van der Waals surface area contributed by atoms with Gasteiger partial charge in [-0.3, -0.25) is 0 Å². The van der Waals surface area contributed by atoms with Gasteiger partial charge in [0.1, 0.15) is 34.3 Å². The lowest BCUT2D eigenvalue weighted by Gasteiger charge is -2.31. The molecule has 1 heterocycles. The standard InChI is InChI=1S/C57H80N2O9Si2/c1-8-10-12-14-16-17-18-20-22-40-62-48-32-30-47(31-33-48)56(60)65-49-34-26-45(27-35-49)54-58-59-55(67-54)46-28-36-50(37-29-46)66-57(61)52-39-38-51(63-41-23-19-15-13-11-9-2)44-53(52)64-42-24-21-25-43-70(6,7)68-69(3,4)5/h26-39,44H,8-25,40-43H2,1-7H3. The van der Waals surface area contributed by atoms with Crippen molar-refractivity contribution in [2.45, 2.75) is 168 Å². The van der Waals surface area contributed by atoms with E-state index in [-0.39, 0.29) is 0 Å². The third kappa shape index (κ3) is 20.6. The SMILES string of the molecule is CCCCCCCCCCCOc1ccc(C(=O)Oc2ccc(-c3nnc(-c4ccc(OC(=O)c5ccc(OCCCCCCCC)cc5OCCCCC[Si](C)(C)O[Si](C)(C)C)cc4)o3)cc2)cc1. The Balaban J connectivity index is 1.10. The molecule has 5 rings (SSSR count). The van der Waals surface area contributed by atoms with Crippen molar-refractivity contribution in [3.05, 3.63) is 102 Å². The summed E-state index contributed by atoms with van der Waals surface area (Å²) in [6.45, 7) is 17.6. The minimum Gasteiger partial charge on any atom is -0.494 e. The van der Waals surface area contributed by atoms with Gasteiger partial charge >= 0.3 is 11.9 Å². The van der Waals surface area contributed by atoms with E-state index in [2.05, 4.69) is 56.8 Å². The van der Waals surface area contributed by atoms with Gasteiger partial charge in [-0.15, -0.1) is 10.2 Å². The lowest BCUT2D eigenvalue weighted by molar-refractivity contribution is 0.0722. The van der Waals surface area contributed by atoms with Crippen LogP contribution in [0.2, 0.25) is 38.8 Å². The highest BCUT2D eigenvalue weighted by Gasteiger charge is 2.29. The Hall–Kier alpha value is -5.25. The first kappa shape index (κ1) is 55.7. The highest BCUT2D eigenvalue weighted by atomic mass is 28.4. The highest BCUT2D eigenvalue weighted by Crippen LogP contribution is 2.30. The molecule has 0 fully saturated rings. The smallest absolute Gasteiger partial charge is 0.347 e. The molecule has 0 unspecified atom stereocenters. The van der Waals surface area contributed by atoms with Crippen LogP contribution in [0.3, 0.4) is 0 Å². The van der Waals surface area contributed by atoms with E-state index in [0.29, 0.717) is 76.9 Å². The zero-order valence-electron chi connectivity index (χ0n) is 43.3. The molecule has 11 nitrogen and oxygen atoms in total. The Bertz CT molecular complexity index is 2270. The second-order valence-electron chi connectivity index (χ2n) is 19.8. The second kappa shape index (κ2) is 29.8. The summed E-state index contributed by atoms with van der Waals surface area (Å²) < 4.78 is 42.3. The van der Waals surface area contributed by atoms with Crippen LogP contribution in [0.15, 0.2) is 95.4 Å². The molecule has 5 aromatic rings. The molecule has 0 aliphatic heterocycles. The number of carbonyl (C=O) groups is 2.